The molecule has 0 atom stereocenters. The summed E-state index contributed by atoms with van der Waals surface area (Å²) in [7, 11) is 0. The number of rotatable bonds is 1. The van der Waals surface area contributed by atoms with Gasteiger partial charge in [-0.2, -0.15) is 0 Å². The van der Waals surface area contributed by atoms with Crippen molar-refractivity contribution < 1.29 is 4.74 Å². The molecule has 4 heterocycles. The van der Waals surface area contributed by atoms with Crippen LogP contribution >= 0.6 is 11.8 Å². The van der Waals surface area contributed by atoms with Crippen molar-refractivity contribution in [2.75, 3.05) is 4.90 Å². The van der Waals surface area contributed by atoms with Gasteiger partial charge in [0, 0.05) is 27.7 Å². The SMILES string of the molecule is c1ccc2c(c1)Oc1ccccc1N2c1cccc2c1C1(c3ccccc3S2)c2cccnc2-c2ncccc21. The number of nitrogens with zero attached hydrogens (tertiary/aromatic N) is 3. The van der Waals surface area contributed by atoms with Gasteiger partial charge in [-0.15, -0.1) is 0 Å². The lowest BCUT2D eigenvalue weighted by Crippen LogP contribution is -2.34. The average molecular weight is 532 g/mol. The Bertz CT molecular complexity index is 1910. The minimum atomic E-state index is -0.580. The smallest absolute Gasteiger partial charge is 0.151 e. The molecule has 0 radical (unpaired) electrons. The molecule has 0 amide bonds. The van der Waals surface area contributed by atoms with Gasteiger partial charge in [-0.25, -0.2) is 0 Å². The molecule has 188 valence electrons. The van der Waals surface area contributed by atoms with Gasteiger partial charge in [0.2, 0.25) is 0 Å². The maximum atomic E-state index is 6.39. The van der Waals surface area contributed by atoms with Crippen LogP contribution in [0.2, 0.25) is 0 Å². The molecule has 2 aliphatic heterocycles. The summed E-state index contributed by atoms with van der Waals surface area (Å²) >= 11 is 1.83. The molecule has 1 aliphatic carbocycles. The summed E-state index contributed by atoms with van der Waals surface area (Å²) in [5.41, 5.74) is 9.31. The van der Waals surface area contributed by atoms with E-state index < -0.39 is 5.41 Å². The van der Waals surface area contributed by atoms with Gasteiger partial charge in [0.1, 0.15) is 0 Å². The highest BCUT2D eigenvalue weighted by Gasteiger charge is 2.53. The molecule has 0 N–H and O–H groups in total. The molecule has 40 heavy (non-hydrogen) atoms. The van der Waals surface area contributed by atoms with E-state index in [1.807, 2.05) is 48.4 Å². The van der Waals surface area contributed by atoms with E-state index in [1.165, 1.54) is 32.0 Å². The van der Waals surface area contributed by atoms with Gasteiger partial charge in [-0.1, -0.05) is 72.4 Å². The van der Waals surface area contributed by atoms with Crippen molar-refractivity contribution in [2.45, 2.75) is 15.2 Å². The molecule has 3 aliphatic rings. The van der Waals surface area contributed by atoms with Gasteiger partial charge in [0.25, 0.3) is 0 Å². The number of fused-ring (bicyclic) bond motifs is 11. The van der Waals surface area contributed by atoms with Crippen LogP contribution in [-0.2, 0) is 5.41 Å². The van der Waals surface area contributed by atoms with Crippen LogP contribution in [0.4, 0.5) is 17.1 Å². The third kappa shape index (κ3) is 2.72. The quantitative estimate of drug-likeness (QED) is 0.211. The summed E-state index contributed by atoms with van der Waals surface area (Å²) < 4.78 is 6.39. The lowest BCUT2D eigenvalue weighted by atomic mass is 9.67. The largest absolute Gasteiger partial charge is 0.453 e. The van der Waals surface area contributed by atoms with E-state index in [9.17, 15) is 0 Å². The zero-order chi connectivity index (χ0) is 26.3. The van der Waals surface area contributed by atoms with Gasteiger partial charge in [0.15, 0.2) is 11.5 Å². The molecular formula is C35H21N3OS. The Morgan fingerprint density at radius 3 is 1.77 bits per heavy atom. The Hall–Kier alpha value is -4.87. The fraction of sp³-hybridized carbons (Fsp3) is 0.0286. The molecule has 0 bridgehead atoms. The summed E-state index contributed by atoms with van der Waals surface area (Å²) in [5.74, 6) is 1.68. The number of aromatic nitrogens is 2. The molecule has 5 heteroatoms. The zero-order valence-corrected chi connectivity index (χ0v) is 22.1. The van der Waals surface area contributed by atoms with E-state index in [0.29, 0.717) is 0 Å². The normalized spacial score (nSPS) is 14.8. The van der Waals surface area contributed by atoms with E-state index in [2.05, 4.69) is 95.9 Å². The molecule has 2 aromatic heterocycles. The van der Waals surface area contributed by atoms with Crippen LogP contribution in [0.5, 0.6) is 11.5 Å². The third-order valence-electron chi connectivity index (χ3n) is 8.21. The molecule has 0 unspecified atom stereocenters. The minimum Gasteiger partial charge on any atom is -0.453 e. The van der Waals surface area contributed by atoms with Crippen molar-refractivity contribution >= 4 is 28.8 Å². The molecular weight excluding hydrogens is 510 g/mol. The van der Waals surface area contributed by atoms with Gasteiger partial charge in [0.05, 0.1) is 33.9 Å². The van der Waals surface area contributed by atoms with Crippen molar-refractivity contribution in [2.24, 2.45) is 0 Å². The summed E-state index contributed by atoms with van der Waals surface area (Å²) in [6, 6.07) is 40.6. The molecule has 9 rings (SSSR count). The summed E-state index contributed by atoms with van der Waals surface area (Å²) in [4.78, 5) is 14.7. The Balaban J connectivity index is 1.45. The highest BCUT2D eigenvalue weighted by atomic mass is 32.2. The number of para-hydroxylation sites is 4. The van der Waals surface area contributed by atoms with Crippen LogP contribution < -0.4 is 9.64 Å². The number of pyridine rings is 2. The topological polar surface area (TPSA) is 38.2 Å². The summed E-state index contributed by atoms with van der Waals surface area (Å²) in [5, 5.41) is 0. The fourth-order valence-corrected chi connectivity index (χ4v) is 7.97. The van der Waals surface area contributed by atoms with Crippen LogP contribution in [0.1, 0.15) is 22.3 Å². The van der Waals surface area contributed by atoms with Crippen LogP contribution in [0.3, 0.4) is 0 Å². The van der Waals surface area contributed by atoms with E-state index in [-0.39, 0.29) is 0 Å². The predicted octanol–water partition coefficient (Wildman–Crippen LogP) is 8.88. The minimum absolute atomic E-state index is 0.580. The lowest BCUT2D eigenvalue weighted by molar-refractivity contribution is 0.476. The summed E-state index contributed by atoms with van der Waals surface area (Å²) in [6.45, 7) is 0. The van der Waals surface area contributed by atoms with E-state index in [4.69, 9.17) is 14.7 Å². The first-order valence-corrected chi connectivity index (χ1v) is 14.2. The second-order valence-corrected chi connectivity index (χ2v) is 11.3. The lowest BCUT2D eigenvalue weighted by Gasteiger charge is -2.43. The van der Waals surface area contributed by atoms with Gasteiger partial charge in [-0.05, 0) is 71.3 Å². The third-order valence-corrected chi connectivity index (χ3v) is 9.35. The van der Waals surface area contributed by atoms with Crippen molar-refractivity contribution in [1.82, 2.24) is 9.97 Å². The Morgan fingerprint density at radius 2 is 1.07 bits per heavy atom. The van der Waals surface area contributed by atoms with Gasteiger partial charge < -0.3 is 9.64 Å². The Morgan fingerprint density at radius 1 is 0.525 bits per heavy atom. The monoisotopic (exact) mass is 531 g/mol. The maximum absolute atomic E-state index is 6.39. The average Bonchev–Trinajstić information content (AvgIpc) is 3.30. The molecule has 1 spiro atoms. The highest BCUT2D eigenvalue weighted by molar-refractivity contribution is 7.99. The van der Waals surface area contributed by atoms with E-state index in [1.54, 1.807) is 0 Å². The predicted molar refractivity (Wildman–Crippen MR) is 158 cm³/mol. The molecule has 4 aromatic carbocycles. The van der Waals surface area contributed by atoms with Crippen molar-refractivity contribution in [3.8, 4) is 22.9 Å². The van der Waals surface area contributed by atoms with Gasteiger partial charge >= 0.3 is 0 Å². The maximum Gasteiger partial charge on any atom is 0.151 e. The van der Waals surface area contributed by atoms with Crippen molar-refractivity contribution in [1.29, 1.82) is 0 Å². The first-order chi connectivity index (χ1) is 19.9. The van der Waals surface area contributed by atoms with Crippen LogP contribution in [-0.4, -0.2) is 9.97 Å². The molecule has 6 aromatic rings. The Labute approximate surface area is 236 Å². The number of anilines is 3. The Kier molecular flexibility index (Phi) is 4.44. The second-order valence-electron chi connectivity index (χ2n) is 10.2. The highest BCUT2D eigenvalue weighted by Crippen LogP contribution is 2.64. The first-order valence-electron chi connectivity index (χ1n) is 13.3. The molecule has 4 nitrogen and oxygen atoms in total. The number of hydrogen-bond donors (Lipinski definition) is 0. The standard InChI is InChI=1S/C35H21N3OS/c1-6-18-30-22(10-1)35(23-11-8-20-36-33(23)34-24(35)12-9-21-37-34)32-27(15-7-19-31(32)40-30)38-25-13-2-4-16-28(25)39-29-17-5-3-14-26(29)38/h1-21H. The van der Waals surface area contributed by atoms with Crippen LogP contribution in [0.25, 0.3) is 11.4 Å². The van der Waals surface area contributed by atoms with E-state index in [0.717, 1.165) is 39.9 Å². The van der Waals surface area contributed by atoms with Gasteiger partial charge in [-0.3, -0.25) is 9.97 Å². The molecule has 0 saturated carbocycles. The first kappa shape index (κ1) is 22.0. The van der Waals surface area contributed by atoms with Crippen molar-refractivity contribution in [3.63, 3.8) is 0 Å². The number of hydrogen-bond acceptors (Lipinski definition) is 5. The van der Waals surface area contributed by atoms with Crippen LogP contribution in [0.15, 0.2) is 137 Å². The number of benzene rings is 4. The fourth-order valence-electron chi connectivity index (χ4n) is 6.75. The van der Waals surface area contributed by atoms with Crippen LogP contribution in [0, 0.1) is 0 Å². The second kappa shape index (κ2) is 8.07. The van der Waals surface area contributed by atoms with Crippen molar-refractivity contribution in [3.05, 3.63) is 150 Å². The zero-order valence-electron chi connectivity index (χ0n) is 21.3. The summed E-state index contributed by atoms with van der Waals surface area (Å²) in [6.07, 6.45) is 3.75. The van der Waals surface area contributed by atoms with E-state index >= 15 is 0 Å². The molecule has 0 fully saturated rings. The molecule has 0 saturated heterocycles. The number of ether oxygens (including phenoxy) is 1.